The number of carbonyl (C=O) groups excluding carboxylic acids is 1. The molecule has 0 fully saturated rings. The number of nitrogens with one attached hydrogen (secondary N) is 2. The van der Waals surface area contributed by atoms with Crippen molar-refractivity contribution in [1.82, 2.24) is 15.5 Å². The van der Waals surface area contributed by atoms with Gasteiger partial charge in [-0.15, -0.1) is 0 Å². The van der Waals surface area contributed by atoms with Gasteiger partial charge in [-0.3, -0.25) is 9.89 Å². The minimum absolute atomic E-state index is 0.140. The highest BCUT2D eigenvalue weighted by atomic mass is 16.1. The number of nitrogen functional groups attached to an aromatic ring is 1. The number of nitrogens with zero attached hydrogens (tertiary/aromatic N) is 1. The van der Waals surface area contributed by atoms with E-state index in [-0.39, 0.29) is 5.91 Å². The summed E-state index contributed by atoms with van der Waals surface area (Å²) in [6, 6.07) is 15.7. The molecular weight excluding hydrogens is 300 g/mol. The SMILES string of the molecule is Nc1cc(-c2cn[nH]c2)ccc1C(=O)NCCCc1ccccc1. The largest absolute Gasteiger partial charge is 0.398 e. The number of benzene rings is 2. The molecule has 0 atom stereocenters. The van der Waals surface area contributed by atoms with Crippen LogP contribution in [0.4, 0.5) is 5.69 Å². The van der Waals surface area contributed by atoms with Crippen LogP contribution < -0.4 is 11.1 Å². The standard InChI is InChI=1S/C19H20N4O/c20-18-11-15(16-12-22-23-13-16)8-9-17(18)19(24)21-10-4-7-14-5-2-1-3-6-14/h1-3,5-6,8-9,11-13H,4,7,10,20H2,(H,21,24)(H,22,23). The van der Waals surface area contributed by atoms with Gasteiger partial charge in [-0.25, -0.2) is 0 Å². The second-order valence-corrected chi connectivity index (χ2v) is 5.63. The van der Waals surface area contributed by atoms with E-state index in [4.69, 9.17) is 5.73 Å². The van der Waals surface area contributed by atoms with Gasteiger partial charge in [0.2, 0.25) is 0 Å². The molecule has 0 saturated heterocycles. The molecule has 0 bridgehead atoms. The predicted octanol–water partition coefficient (Wildman–Crippen LogP) is 3.02. The van der Waals surface area contributed by atoms with Crippen LogP contribution in [0.5, 0.6) is 0 Å². The summed E-state index contributed by atoms with van der Waals surface area (Å²) < 4.78 is 0. The maximum absolute atomic E-state index is 12.3. The Morgan fingerprint density at radius 2 is 1.96 bits per heavy atom. The lowest BCUT2D eigenvalue weighted by atomic mass is 10.0. The molecule has 0 saturated carbocycles. The summed E-state index contributed by atoms with van der Waals surface area (Å²) >= 11 is 0. The molecule has 5 nitrogen and oxygen atoms in total. The highest BCUT2D eigenvalue weighted by molar-refractivity contribution is 5.99. The molecule has 1 heterocycles. The first-order chi connectivity index (χ1) is 11.7. The zero-order valence-electron chi connectivity index (χ0n) is 13.3. The molecule has 122 valence electrons. The third kappa shape index (κ3) is 3.81. The van der Waals surface area contributed by atoms with Gasteiger partial charge in [0.1, 0.15) is 0 Å². The maximum atomic E-state index is 12.3. The zero-order valence-corrected chi connectivity index (χ0v) is 13.3. The van der Waals surface area contributed by atoms with E-state index in [0.29, 0.717) is 17.8 Å². The van der Waals surface area contributed by atoms with Gasteiger partial charge in [-0.1, -0.05) is 36.4 Å². The molecule has 0 aliphatic carbocycles. The number of aromatic nitrogens is 2. The van der Waals surface area contributed by atoms with E-state index in [1.54, 1.807) is 24.5 Å². The third-order valence-electron chi connectivity index (χ3n) is 3.90. The average molecular weight is 320 g/mol. The molecular formula is C19H20N4O. The van der Waals surface area contributed by atoms with Crippen molar-refractivity contribution in [3.8, 4) is 11.1 Å². The molecule has 1 aromatic heterocycles. The number of carbonyl (C=O) groups is 1. The monoisotopic (exact) mass is 320 g/mol. The summed E-state index contributed by atoms with van der Waals surface area (Å²) in [5.41, 5.74) is 10.1. The quantitative estimate of drug-likeness (QED) is 0.482. The number of nitrogens with two attached hydrogens (primary N) is 1. The molecule has 0 aliphatic heterocycles. The van der Waals surface area contributed by atoms with Gasteiger partial charge in [0.05, 0.1) is 11.8 Å². The number of aromatic amines is 1. The molecule has 2 aromatic carbocycles. The highest BCUT2D eigenvalue weighted by Crippen LogP contribution is 2.23. The first-order valence-electron chi connectivity index (χ1n) is 7.95. The smallest absolute Gasteiger partial charge is 0.253 e. The first kappa shape index (κ1) is 15.8. The van der Waals surface area contributed by atoms with Crippen LogP contribution in [-0.2, 0) is 6.42 Å². The van der Waals surface area contributed by atoms with Crippen molar-refractivity contribution in [2.75, 3.05) is 12.3 Å². The van der Waals surface area contributed by atoms with E-state index >= 15 is 0 Å². The number of rotatable bonds is 6. The van der Waals surface area contributed by atoms with Crippen molar-refractivity contribution in [1.29, 1.82) is 0 Å². The van der Waals surface area contributed by atoms with Crippen molar-refractivity contribution >= 4 is 11.6 Å². The molecule has 4 N–H and O–H groups in total. The topological polar surface area (TPSA) is 83.8 Å². The number of H-pyrrole nitrogens is 1. The fourth-order valence-electron chi connectivity index (χ4n) is 2.59. The Kier molecular flexibility index (Phi) is 4.91. The summed E-state index contributed by atoms with van der Waals surface area (Å²) in [6.45, 7) is 0.622. The molecule has 0 spiro atoms. The molecule has 5 heteroatoms. The average Bonchev–Trinajstić information content (AvgIpc) is 3.14. The van der Waals surface area contributed by atoms with Gasteiger partial charge in [-0.2, -0.15) is 5.10 Å². The van der Waals surface area contributed by atoms with Crippen LogP contribution in [0.25, 0.3) is 11.1 Å². The Labute approximate surface area is 140 Å². The predicted molar refractivity (Wildman–Crippen MR) is 95.5 cm³/mol. The number of anilines is 1. The van der Waals surface area contributed by atoms with Crippen LogP contribution in [0.2, 0.25) is 0 Å². The lowest BCUT2D eigenvalue weighted by Crippen LogP contribution is -2.25. The molecule has 0 unspecified atom stereocenters. The summed E-state index contributed by atoms with van der Waals surface area (Å²) in [4.78, 5) is 12.3. The van der Waals surface area contributed by atoms with Crippen molar-refractivity contribution in [2.24, 2.45) is 0 Å². The van der Waals surface area contributed by atoms with Crippen LogP contribution >= 0.6 is 0 Å². The highest BCUT2D eigenvalue weighted by Gasteiger charge is 2.10. The Morgan fingerprint density at radius 3 is 2.67 bits per heavy atom. The number of hydrogen-bond donors (Lipinski definition) is 3. The summed E-state index contributed by atoms with van der Waals surface area (Å²) in [6.07, 6.45) is 5.34. The molecule has 1 amide bonds. The van der Waals surface area contributed by atoms with Crippen molar-refractivity contribution in [3.63, 3.8) is 0 Å². The molecule has 24 heavy (non-hydrogen) atoms. The molecule has 0 radical (unpaired) electrons. The van der Waals surface area contributed by atoms with Gasteiger partial charge in [-0.05, 0) is 36.1 Å². The molecule has 3 rings (SSSR count). The number of hydrogen-bond acceptors (Lipinski definition) is 3. The maximum Gasteiger partial charge on any atom is 0.253 e. The van der Waals surface area contributed by atoms with Crippen molar-refractivity contribution < 1.29 is 4.79 Å². The Morgan fingerprint density at radius 1 is 1.12 bits per heavy atom. The minimum atomic E-state index is -0.140. The van der Waals surface area contributed by atoms with E-state index in [9.17, 15) is 4.79 Å². The second-order valence-electron chi connectivity index (χ2n) is 5.63. The molecule has 0 aliphatic rings. The number of aryl methyl sites for hydroxylation is 1. The normalized spacial score (nSPS) is 10.5. The lowest BCUT2D eigenvalue weighted by Gasteiger charge is -2.09. The van der Waals surface area contributed by atoms with Crippen LogP contribution in [0.3, 0.4) is 0 Å². The molecule has 3 aromatic rings. The van der Waals surface area contributed by atoms with E-state index < -0.39 is 0 Å². The van der Waals surface area contributed by atoms with Crippen LogP contribution in [0, 0.1) is 0 Å². The van der Waals surface area contributed by atoms with Gasteiger partial charge >= 0.3 is 0 Å². The Bertz CT molecular complexity index is 797. The van der Waals surface area contributed by atoms with E-state index in [1.165, 1.54) is 5.56 Å². The van der Waals surface area contributed by atoms with Crippen molar-refractivity contribution in [2.45, 2.75) is 12.8 Å². The van der Waals surface area contributed by atoms with Crippen LogP contribution in [0.15, 0.2) is 60.9 Å². The second kappa shape index (κ2) is 7.46. The minimum Gasteiger partial charge on any atom is -0.398 e. The van der Waals surface area contributed by atoms with E-state index in [2.05, 4.69) is 27.6 Å². The van der Waals surface area contributed by atoms with Crippen LogP contribution in [-0.4, -0.2) is 22.6 Å². The number of amides is 1. The van der Waals surface area contributed by atoms with Gasteiger partial charge < -0.3 is 11.1 Å². The first-order valence-corrected chi connectivity index (χ1v) is 7.95. The van der Waals surface area contributed by atoms with Gasteiger partial charge in [0, 0.05) is 24.0 Å². The van der Waals surface area contributed by atoms with Gasteiger partial charge in [0.15, 0.2) is 0 Å². The summed E-state index contributed by atoms with van der Waals surface area (Å²) in [5, 5.41) is 9.61. The van der Waals surface area contributed by atoms with E-state index in [1.807, 2.05) is 24.3 Å². The summed E-state index contributed by atoms with van der Waals surface area (Å²) in [5.74, 6) is -0.140. The fraction of sp³-hybridized carbons (Fsp3) is 0.158. The Balaban J connectivity index is 1.55. The van der Waals surface area contributed by atoms with E-state index in [0.717, 1.165) is 24.0 Å². The zero-order chi connectivity index (χ0) is 16.8. The van der Waals surface area contributed by atoms with Gasteiger partial charge in [0.25, 0.3) is 5.91 Å². The van der Waals surface area contributed by atoms with Crippen molar-refractivity contribution in [3.05, 3.63) is 72.1 Å². The van der Waals surface area contributed by atoms with Crippen LogP contribution in [0.1, 0.15) is 22.3 Å². The fourth-order valence-corrected chi connectivity index (χ4v) is 2.59. The third-order valence-corrected chi connectivity index (χ3v) is 3.90. The Hall–Kier alpha value is -3.08. The summed E-state index contributed by atoms with van der Waals surface area (Å²) in [7, 11) is 0. The lowest BCUT2D eigenvalue weighted by molar-refractivity contribution is 0.0954.